The molecule has 0 aliphatic heterocycles. The number of imidazole rings is 1. The summed E-state index contributed by atoms with van der Waals surface area (Å²) < 4.78 is 32.5. The number of para-hydroxylation sites is 2. The Bertz CT molecular complexity index is 1610. The van der Waals surface area contributed by atoms with Crippen molar-refractivity contribution in [3.63, 3.8) is 0 Å². The molecule has 5 rings (SSSR count). The van der Waals surface area contributed by atoms with Gasteiger partial charge in [-0.2, -0.15) is 4.57 Å². The topological polar surface area (TPSA) is 89.1 Å². The first kappa shape index (κ1) is 21.8. The van der Waals surface area contributed by atoms with Crippen molar-refractivity contribution in [1.29, 1.82) is 0 Å². The van der Waals surface area contributed by atoms with E-state index in [4.69, 9.17) is 0 Å². The summed E-state index contributed by atoms with van der Waals surface area (Å²) in [5, 5.41) is 0. The zero-order valence-corrected chi connectivity index (χ0v) is 19.5. The smallest absolute Gasteiger partial charge is 0.262 e. The van der Waals surface area contributed by atoms with Crippen molar-refractivity contribution in [3.8, 4) is 0 Å². The number of nitrogens with zero attached hydrogens (tertiary/aromatic N) is 2. The molecule has 1 aromatic heterocycles. The molecule has 1 heterocycles. The molecule has 0 atom stereocenters. The number of hydrogen-bond donors (Lipinski definition) is 1. The van der Waals surface area contributed by atoms with Crippen LogP contribution in [0.4, 0.5) is 0 Å². The SMILES string of the molecule is CC[n+]1cn(C2=C(NS(=O)(=O)c3ccc(C)cc3)C(=O)c3ccccc3C2=O)c2ccccc21. The van der Waals surface area contributed by atoms with Crippen molar-refractivity contribution in [1.82, 2.24) is 9.29 Å². The number of carbonyl (C=O) groups is 2. The molecule has 170 valence electrons. The third-order valence-corrected chi connectivity index (χ3v) is 7.32. The Balaban J connectivity index is 1.77. The highest BCUT2D eigenvalue weighted by Crippen LogP contribution is 2.31. The Kier molecular flexibility index (Phi) is 5.17. The number of Topliss-reactive ketones (excluding diaryl/α,β-unsaturated/α-hetero) is 2. The largest absolute Gasteiger partial charge is 0.287 e. The molecule has 0 spiro atoms. The van der Waals surface area contributed by atoms with Crippen LogP contribution < -0.4 is 9.29 Å². The van der Waals surface area contributed by atoms with Crippen molar-refractivity contribution < 1.29 is 22.6 Å². The van der Waals surface area contributed by atoms with Crippen LogP contribution in [0.2, 0.25) is 0 Å². The third kappa shape index (κ3) is 3.43. The molecule has 34 heavy (non-hydrogen) atoms. The number of allylic oxidation sites excluding steroid dienone is 2. The monoisotopic (exact) mass is 472 g/mol. The van der Waals surface area contributed by atoms with Crippen LogP contribution in [0, 0.1) is 6.92 Å². The van der Waals surface area contributed by atoms with Gasteiger partial charge in [-0.15, -0.1) is 0 Å². The Morgan fingerprint density at radius 1 is 0.853 bits per heavy atom. The lowest BCUT2D eigenvalue weighted by atomic mass is 9.90. The van der Waals surface area contributed by atoms with Crippen molar-refractivity contribution in [2.45, 2.75) is 25.3 Å². The van der Waals surface area contributed by atoms with Gasteiger partial charge in [0.1, 0.15) is 5.70 Å². The maximum absolute atomic E-state index is 13.7. The number of fused-ring (bicyclic) bond motifs is 2. The van der Waals surface area contributed by atoms with Crippen LogP contribution in [-0.2, 0) is 16.6 Å². The first-order valence-corrected chi connectivity index (χ1v) is 12.3. The highest BCUT2D eigenvalue weighted by Gasteiger charge is 2.39. The maximum Gasteiger partial charge on any atom is 0.262 e. The molecule has 0 amide bonds. The molecule has 0 fully saturated rings. The molecule has 3 aromatic carbocycles. The van der Waals surface area contributed by atoms with E-state index in [0.717, 1.165) is 11.1 Å². The van der Waals surface area contributed by atoms with Crippen molar-refractivity contribution in [3.05, 3.63) is 102 Å². The lowest BCUT2D eigenvalue weighted by Gasteiger charge is -2.20. The number of ketones is 2. The second-order valence-corrected chi connectivity index (χ2v) is 9.79. The van der Waals surface area contributed by atoms with Crippen molar-refractivity contribution in [2.75, 3.05) is 0 Å². The fraction of sp³-hybridized carbons (Fsp3) is 0.115. The van der Waals surface area contributed by atoms with Crippen LogP contribution in [0.1, 0.15) is 33.2 Å². The number of nitrogens with one attached hydrogen (secondary N) is 1. The second kappa shape index (κ2) is 8.07. The van der Waals surface area contributed by atoms with E-state index >= 15 is 0 Å². The molecule has 0 saturated carbocycles. The maximum atomic E-state index is 13.7. The highest BCUT2D eigenvalue weighted by atomic mass is 32.2. The summed E-state index contributed by atoms with van der Waals surface area (Å²) >= 11 is 0. The number of benzene rings is 3. The number of sulfonamides is 1. The molecule has 0 saturated heterocycles. The minimum Gasteiger partial charge on any atom is -0.287 e. The Morgan fingerprint density at radius 2 is 1.47 bits per heavy atom. The van der Waals surface area contributed by atoms with E-state index in [1.807, 2.05) is 42.7 Å². The summed E-state index contributed by atoms with van der Waals surface area (Å²) in [7, 11) is -4.13. The molecular formula is C26H22N3O4S+. The van der Waals surface area contributed by atoms with Crippen molar-refractivity contribution in [2.24, 2.45) is 0 Å². The molecular weight excluding hydrogens is 450 g/mol. The van der Waals surface area contributed by atoms with Gasteiger partial charge in [-0.05, 0) is 38.1 Å². The van der Waals surface area contributed by atoms with E-state index in [9.17, 15) is 18.0 Å². The minimum atomic E-state index is -4.13. The zero-order valence-electron chi connectivity index (χ0n) is 18.6. The van der Waals surface area contributed by atoms with Crippen molar-refractivity contribution >= 4 is 38.3 Å². The zero-order chi connectivity index (χ0) is 24.0. The molecule has 1 aliphatic carbocycles. The first-order chi connectivity index (χ1) is 16.3. The fourth-order valence-electron chi connectivity index (χ4n) is 4.20. The fourth-order valence-corrected chi connectivity index (χ4v) is 5.27. The number of hydrogen-bond acceptors (Lipinski definition) is 4. The van der Waals surface area contributed by atoms with Crippen LogP contribution in [0.3, 0.4) is 0 Å². The second-order valence-electron chi connectivity index (χ2n) is 8.11. The van der Waals surface area contributed by atoms with Gasteiger partial charge in [-0.25, -0.2) is 13.0 Å². The lowest BCUT2D eigenvalue weighted by molar-refractivity contribution is -0.668. The predicted molar refractivity (Wildman–Crippen MR) is 128 cm³/mol. The number of aromatic nitrogens is 2. The highest BCUT2D eigenvalue weighted by molar-refractivity contribution is 7.89. The molecule has 0 radical (unpaired) electrons. The van der Waals surface area contributed by atoms with Gasteiger partial charge in [0.15, 0.2) is 11.0 Å². The number of aryl methyl sites for hydroxylation is 2. The van der Waals surface area contributed by atoms with Crippen LogP contribution in [0.25, 0.3) is 16.7 Å². The summed E-state index contributed by atoms with van der Waals surface area (Å²) in [6.07, 6.45) is 1.72. The van der Waals surface area contributed by atoms with Gasteiger partial charge >= 0.3 is 0 Å². The third-order valence-electron chi connectivity index (χ3n) is 5.95. The predicted octanol–water partition coefficient (Wildman–Crippen LogP) is 3.48. The Labute approximate surface area is 197 Å². The van der Waals surface area contributed by atoms with Gasteiger partial charge in [0.2, 0.25) is 23.6 Å². The number of carbonyl (C=O) groups excluding carboxylic acids is 2. The molecule has 4 aromatic rings. The summed E-state index contributed by atoms with van der Waals surface area (Å²) in [6, 6.07) is 20.2. The van der Waals surface area contributed by atoms with Gasteiger partial charge in [-0.3, -0.25) is 14.3 Å². The quantitative estimate of drug-likeness (QED) is 0.451. The Hall–Kier alpha value is -4.04. The standard InChI is InChI=1S/C26H21N3O4S/c1-3-28-16-29(22-11-7-6-10-21(22)28)24-23(25(30)19-8-4-5-9-20(19)26(24)31)27-34(32,33)18-14-12-17(2)13-15-18/h4-16H,3H2,1-2H3/p+1. The number of rotatable bonds is 5. The van der Waals surface area contributed by atoms with E-state index < -0.39 is 21.6 Å². The molecule has 7 nitrogen and oxygen atoms in total. The molecule has 0 bridgehead atoms. The molecule has 0 unspecified atom stereocenters. The van der Waals surface area contributed by atoms with E-state index in [1.165, 1.54) is 18.2 Å². The van der Waals surface area contributed by atoms with Crippen LogP contribution in [0.5, 0.6) is 0 Å². The van der Waals surface area contributed by atoms with Crippen LogP contribution in [-0.4, -0.2) is 24.6 Å². The van der Waals surface area contributed by atoms with Gasteiger partial charge in [0.25, 0.3) is 10.0 Å². The summed E-state index contributed by atoms with van der Waals surface area (Å²) in [5.74, 6) is -0.984. The normalized spacial score (nSPS) is 13.9. The van der Waals surface area contributed by atoms with Gasteiger partial charge in [0, 0.05) is 11.1 Å². The minimum absolute atomic E-state index is 0.00467. The van der Waals surface area contributed by atoms with Gasteiger partial charge in [-0.1, -0.05) is 54.1 Å². The molecule has 1 N–H and O–H groups in total. The first-order valence-electron chi connectivity index (χ1n) is 10.8. The van der Waals surface area contributed by atoms with Gasteiger partial charge in [0.05, 0.1) is 11.4 Å². The molecule has 8 heteroatoms. The average molecular weight is 473 g/mol. The lowest BCUT2D eigenvalue weighted by Crippen LogP contribution is -2.35. The summed E-state index contributed by atoms with van der Waals surface area (Å²) in [4.78, 5) is 27.3. The Morgan fingerprint density at radius 3 is 2.15 bits per heavy atom. The van der Waals surface area contributed by atoms with E-state index in [0.29, 0.717) is 12.1 Å². The average Bonchev–Trinajstić information content (AvgIpc) is 3.21. The van der Waals surface area contributed by atoms with Crippen LogP contribution in [0.15, 0.2) is 89.7 Å². The van der Waals surface area contributed by atoms with E-state index in [-0.39, 0.29) is 27.4 Å². The van der Waals surface area contributed by atoms with Gasteiger partial charge < -0.3 is 0 Å². The molecule has 1 aliphatic rings. The van der Waals surface area contributed by atoms with Crippen LogP contribution >= 0.6 is 0 Å². The van der Waals surface area contributed by atoms with E-state index in [2.05, 4.69) is 4.72 Å². The van der Waals surface area contributed by atoms with E-state index in [1.54, 1.807) is 41.2 Å². The summed E-state index contributed by atoms with van der Waals surface area (Å²) in [5.41, 5.74) is 2.55. The summed E-state index contributed by atoms with van der Waals surface area (Å²) in [6.45, 7) is 4.45.